The summed E-state index contributed by atoms with van der Waals surface area (Å²) in [6.07, 6.45) is 1.92. The van der Waals surface area contributed by atoms with Gasteiger partial charge in [0.05, 0.1) is 12.6 Å². The highest BCUT2D eigenvalue weighted by Crippen LogP contribution is 2.30. The van der Waals surface area contributed by atoms with Crippen LogP contribution in [0.15, 0.2) is 34.1 Å². The number of nitrogens with zero attached hydrogens (tertiary/aromatic N) is 1. The molecule has 3 N–H and O–H groups in total. The number of furan rings is 1. The topological polar surface area (TPSA) is 79.7 Å². The maximum Gasteiger partial charge on any atom is 0.289 e. The minimum absolute atomic E-state index is 0. The van der Waals surface area contributed by atoms with Crippen molar-refractivity contribution in [2.75, 3.05) is 6.54 Å². The zero-order valence-corrected chi connectivity index (χ0v) is 14.3. The maximum atomic E-state index is 12.6. The van der Waals surface area contributed by atoms with Crippen molar-refractivity contribution in [3.05, 3.63) is 46.0 Å². The van der Waals surface area contributed by atoms with Crippen molar-refractivity contribution in [2.24, 2.45) is 5.73 Å². The number of carbonyl (C=O) groups is 1. The number of carbonyl (C=O) groups excluding carboxylic acids is 1. The molecule has 0 saturated carbocycles. The molecule has 126 valence electrons. The van der Waals surface area contributed by atoms with E-state index >= 15 is 0 Å². The van der Waals surface area contributed by atoms with Crippen LogP contribution in [0.5, 0.6) is 0 Å². The summed E-state index contributed by atoms with van der Waals surface area (Å²) in [5, 5.41) is 12.3. The van der Waals surface area contributed by atoms with Crippen LogP contribution in [0.4, 0.5) is 0 Å². The second-order valence-corrected chi connectivity index (χ2v) is 6.51. The molecule has 5 nitrogen and oxygen atoms in total. The number of likely N-dealkylation sites (tertiary alicyclic amines) is 1. The van der Waals surface area contributed by atoms with Crippen LogP contribution in [-0.4, -0.2) is 28.5 Å². The summed E-state index contributed by atoms with van der Waals surface area (Å²) in [5.74, 6) is 0.830. The lowest BCUT2D eigenvalue weighted by molar-refractivity contribution is 0.0638. The molecule has 1 aliphatic heterocycles. The number of halogens is 1. The number of thiophene rings is 1. The summed E-state index contributed by atoms with van der Waals surface area (Å²) in [7, 11) is 0. The van der Waals surface area contributed by atoms with Crippen LogP contribution in [0.25, 0.3) is 0 Å². The van der Waals surface area contributed by atoms with Crippen molar-refractivity contribution in [1.29, 1.82) is 0 Å². The molecule has 3 rings (SSSR count). The van der Waals surface area contributed by atoms with Crippen molar-refractivity contribution in [1.82, 2.24) is 4.90 Å². The molecular formula is C16H21ClN2O3S. The van der Waals surface area contributed by atoms with Crippen molar-refractivity contribution >= 4 is 29.7 Å². The normalized spacial score (nSPS) is 18.7. The van der Waals surface area contributed by atoms with Crippen LogP contribution in [0.2, 0.25) is 0 Å². The molecule has 0 spiro atoms. The summed E-state index contributed by atoms with van der Waals surface area (Å²) in [6.45, 7) is 0.993. The second kappa shape index (κ2) is 7.97. The van der Waals surface area contributed by atoms with Gasteiger partial charge in [-0.1, -0.05) is 6.07 Å². The Labute approximate surface area is 145 Å². The zero-order valence-electron chi connectivity index (χ0n) is 12.7. The van der Waals surface area contributed by atoms with Crippen LogP contribution in [0, 0.1) is 0 Å². The smallest absolute Gasteiger partial charge is 0.289 e. The first-order valence-electron chi connectivity index (χ1n) is 7.50. The number of hydrogen-bond donors (Lipinski definition) is 2. The maximum absolute atomic E-state index is 12.6. The van der Waals surface area contributed by atoms with E-state index in [1.807, 2.05) is 22.4 Å². The Morgan fingerprint density at radius 1 is 1.48 bits per heavy atom. The minimum atomic E-state index is -0.519. The van der Waals surface area contributed by atoms with Gasteiger partial charge in [0.1, 0.15) is 5.76 Å². The van der Waals surface area contributed by atoms with Gasteiger partial charge in [-0.15, -0.1) is 23.7 Å². The van der Waals surface area contributed by atoms with Crippen molar-refractivity contribution in [3.8, 4) is 0 Å². The molecule has 1 amide bonds. The molecular weight excluding hydrogens is 336 g/mol. The fraction of sp³-hybridized carbons (Fsp3) is 0.438. The van der Waals surface area contributed by atoms with E-state index in [2.05, 4.69) is 0 Å². The lowest BCUT2D eigenvalue weighted by Gasteiger charge is -2.25. The van der Waals surface area contributed by atoms with Crippen LogP contribution >= 0.6 is 23.7 Å². The summed E-state index contributed by atoms with van der Waals surface area (Å²) >= 11 is 1.54. The molecule has 1 fully saturated rings. The molecule has 0 radical (unpaired) electrons. The first-order chi connectivity index (χ1) is 10.7. The monoisotopic (exact) mass is 356 g/mol. The Hall–Kier alpha value is -1.34. The Morgan fingerprint density at radius 2 is 2.30 bits per heavy atom. The molecule has 1 saturated heterocycles. The van der Waals surface area contributed by atoms with E-state index in [1.54, 1.807) is 23.5 Å². The molecule has 0 bridgehead atoms. The molecule has 2 atom stereocenters. The number of nitrogens with two attached hydrogens (primary N) is 1. The predicted octanol–water partition coefficient (Wildman–Crippen LogP) is 2.95. The van der Waals surface area contributed by atoms with Gasteiger partial charge in [0.2, 0.25) is 0 Å². The summed E-state index contributed by atoms with van der Waals surface area (Å²) in [6, 6.07) is 7.32. The number of amides is 1. The summed E-state index contributed by atoms with van der Waals surface area (Å²) in [4.78, 5) is 15.3. The molecule has 7 heteroatoms. The Morgan fingerprint density at radius 3 is 2.96 bits per heavy atom. The highest BCUT2D eigenvalue weighted by molar-refractivity contribution is 7.10. The average molecular weight is 357 g/mol. The van der Waals surface area contributed by atoms with E-state index < -0.39 is 6.10 Å². The minimum Gasteiger partial charge on any atom is -0.455 e. The van der Waals surface area contributed by atoms with Crippen LogP contribution in [0.1, 0.15) is 46.6 Å². The lowest BCUT2D eigenvalue weighted by atomic mass is 10.1. The third kappa shape index (κ3) is 3.95. The predicted molar refractivity (Wildman–Crippen MR) is 91.8 cm³/mol. The zero-order chi connectivity index (χ0) is 15.5. The van der Waals surface area contributed by atoms with Gasteiger partial charge >= 0.3 is 0 Å². The quantitative estimate of drug-likeness (QED) is 0.863. The molecule has 2 unspecified atom stereocenters. The van der Waals surface area contributed by atoms with Gasteiger partial charge in [-0.2, -0.15) is 0 Å². The highest BCUT2D eigenvalue weighted by atomic mass is 35.5. The molecule has 1 aliphatic rings. The molecule has 0 aromatic carbocycles. The van der Waals surface area contributed by atoms with Crippen molar-refractivity contribution in [2.45, 2.75) is 38.0 Å². The number of rotatable bonds is 5. The molecule has 0 aliphatic carbocycles. The van der Waals surface area contributed by atoms with Crippen molar-refractivity contribution in [3.63, 3.8) is 0 Å². The molecule has 23 heavy (non-hydrogen) atoms. The van der Waals surface area contributed by atoms with Gasteiger partial charge in [-0.05, 0) is 42.8 Å². The van der Waals surface area contributed by atoms with E-state index in [0.717, 1.165) is 17.7 Å². The first kappa shape index (κ1) is 18.0. The first-order valence-corrected chi connectivity index (χ1v) is 8.38. The van der Waals surface area contributed by atoms with Crippen LogP contribution in [-0.2, 0) is 6.54 Å². The lowest BCUT2D eigenvalue weighted by Crippen LogP contribution is -2.36. The second-order valence-electron chi connectivity index (χ2n) is 5.53. The number of hydrogen-bond acceptors (Lipinski definition) is 5. The van der Waals surface area contributed by atoms with Gasteiger partial charge in [-0.25, -0.2) is 0 Å². The molecule has 2 aromatic rings. The Balaban J connectivity index is 0.00000192. The fourth-order valence-electron chi connectivity index (χ4n) is 2.95. The third-order valence-electron chi connectivity index (χ3n) is 4.08. The van der Waals surface area contributed by atoms with E-state index in [1.165, 1.54) is 0 Å². The van der Waals surface area contributed by atoms with E-state index in [4.69, 9.17) is 10.2 Å². The van der Waals surface area contributed by atoms with Gasteiger partial charge in [0.25, 0.3) is 5.91 Å². The highest BCUT2D eigenvalue weighted by Gasteiger charge is 2.32. The SMILES string of the molecule is Cl.NCc1ccc(C(=O)N2CCCC2CC(O)c2cccs2)o1. The van der Waals surface area contributed by atoms with Gasteiger partial charge in [0, 0.05) is 17.5 Å². The molecule has 3 heterocycles. The number of aliphatic hydroxyl groups excluding tert-OH is 1. The van der Waals surface area contributed by atoms with Crippen LogP contribution in [0.3, 0.4) is 0 Å². The van der Waals surface area contributed by atoms with Crippen LogP contribution < -0.4 is 5.73 Å². The van der Waals surface area contributed by atoms with E-state index in [-0.39, 0.29) is 30.9 Å². The van der Waals surface area contributed by atoms with Gasteiger partial charge < -0.3 is 20.2 Å². The van der Waals surface area contributed by atoms with E-state index in [9.17, 15) is 9.90 Å². The standard InChI is InChI=1S/C16H20N2O3S.ClH/c17-10-12-5-6-14(21-12)16(20)18-7-1-3-11(18)9-13(19)15-4-2-8-22-15;/h2,4-6,8,11,13,19H,1,3,7,9-10,17H2;1H. The fourth-order valence-corrected chi connectivity index (χ4v) is 3.67. The number of aliphatic hydroxyl groups is 1. The Bertz CT molecular complexity index is 629. The Kier molecular flexibility index (Phi) is 6.24. The summed E-state index contributed by atoms with van der Waals surface area (Å²) < 4.78 is 5.46. The third-order valence-corrected chi connectivity index (χ3v) is 5.05. The van der Waals surface area contributed by atoms with Gasteiger partial charge in [0.15, 0.2) is 5.76 Å². The largest absolute Gasteiger partial charge is 0.455 e. The van der Waals surface area contributed by atoms with E-state index in [0.29, 0.717) is 24.5 Å². The van der Waals surface area contributed by atoms with Gasteiger partial charge in [-0.3, -0.25) is 4.79 Å². The average Bonchev–Trinajstić information content (AvgIpc) is 3.26. The molecule has 2 aromatic heterocycles. The summed E-state index contributed by atoms with van der Waals surface area (Å²) in [5.41, 5.74) is 5.51. The van der Waals surface area contributed by atoms with Crippen molar-refractivity contribution < 1.29 is 14.3 Å².